The smallest absolute Gasteiger partial charge is 0.164 e. The van der Waals surface area contributed by atoms with E-state index < -0.39 is 0 Å². The molecule has 0 fully saturated rings. The van der Waals surface area contributed by atoms with Crippen LogP contribution in [0.2, 0.25) is 0 Å². The summed E-state index contributed by atoms with van der Waals surface area (Å²) in [5, 5.41) is 9.35. The summed E-state index contributed by atoms with van der Waals surface area (Å²) in [6.07, 6.45) is 1.26. The lowest BCUT2D eigenvalue weighted by molar-refractivity contribution is 0.195. The molecule has 0 amide bonds. The van der Waals surface area contributed by atoms with Gasteiger partial charge in [-0.2, -0.15) is 0 Å². The van der Waals surface area contributed by atoms with E-state index in [-0.39, 0.29) is 6.10 Å². The lowest BCUT2D eigenvalue weighted by atomic mass is 10.0. The molecule has 1 aliphatic rings. The quantitative estimate of drug-likeness (QED) is 0.819. The maximum atomic E-state index is 9.35. The highest BCUT2D eigenvalue weighted by Crippen LogP contribution is 2.36. The molecule has 1 aromatic rings. The molecule has 0 aliphatic carbocycles. The number of hydrogen-bond acceptors (Lipinski definition) is 3. The van der Waals surface area contributed by atoms with Gasteiger partial charge in [0.2, 0.25) is 0 Å². The van der Waals surface area contributed by atoms with Crippen molar-refractivity contribution in [3.63, 3.8) is 0 Å². The van der Waals surface area contributed by atoms with Crippen LogP contribution >= 0.6 is 0 Å². The van der Waals surface area contributed by atoms with Crippen LogP contribution in [0.15, 0.2) is 12.1 Å². The van der Waals surface area contributed by atoms with Crippen molar-refractivity contribution in [1.29, 1.82) is 0 Å². The van der Waals surface area contributed by atoms with E-state index >= 15 is 0 Å². The monoisotopic (exact) mass is 208 g/mol. The van der Waals surface area contributed by atoms with Gasteiger partial charge in [-0.25, -0.2) is 0 Å². The first-order chi connectivity index (χ1) is 7.20. The van der Waals surface area contributed by atoms with Crippen LogP contribution in [0, 0.1) is 0 Å². The third-order valence-corrected chi connectivity index (χ3v) is 2.56. The van der Waals surface area contributed by atoms with Crippen molar-refractivity contribution in [3.05, 3.63) is 23.3 Å². The highest BCUT2D eigenvalue weighted by molar-refractivity contribution is 5.51. The van der Waals surface area contributed by atoms with E-state index in [0.29, 0.717) is 6.42 Å². The van der Waals surface area contributed by atoms with Gasteiger partial charge >= 0.3 is 0 Å². The van der Waals surface area contributed by atoms with Crippen molar-refractivity contribution in [2.24, 2.45) is 0 Å². The maximum Gasteiger partial charge on any atom is 0.164 e. The van der Waals surface area contributed by atoms with Crippen molar-refractivity contribution in [1.82, 2.24) is 0 Å². The molecule has 0 spiro atoms. The number of aliphatic hydroxyl groups is 1. The Labute approximate surface area is 89.6 Å². The van der Waals surface area contributed by atoms with Crippen LogP contribution in [0.25, 0.3) is 0 Å². The number of methoxy groups -OCH3 is 1. The number of aliphatic hydroxyl groups excluding tert-OH is 1. The van der Waals surface area contributed by atoms with Crippen LogP contribution in [0.4, 0.5) is 0 Å². The molecule has 0 saturated carbocycles. The number of ether oxygens (including phenoxy) is 2. The standard InChI is InChI=1S/C12H16O3/c1-8(13)5-9-6-10-3-4-15-12(10)11(7-9)14-2/h6-8,13H,3-5H2,1-2H3. The molecule has 15 heavy (non-hydrogen) atoms. The van der Waals surface area contributed by atoms with E-state index in [1.165, 1.54) is 5.56 Å². The van der Waals surface area contributed by atoms with Crippen LogP contribution in [0.5, 0.6) is 11.5 Å². The van der Waals surface area contributed by atoms with Crippen LogP contribution in [0.1, 0.15) is 18.1 Å². The molecule has 1 unspecified atom stereocenters. The summed E-state index contributed by atoms with van der Waals surface area (Å²) >= 11 is 0. The van der Waals surface area contributed by atoms with Crippen molar-refractivity contribution in [2.75, 3.05) is 13.7 Å². The van der Waals surface area contributed by atoms with Gasteiger partial charge in [0.1, 0.15) is 0 Å². The summed E-state index contributed by atoms with van der Waals surface area (Å²) in [5.41, 5.74) is 2.29. The average Bonchev–Trinajstić information content (AvgIpc) is 2.63. The molecular formula is C12H16O3. The molecule has 82 valence electrons. The first kappa shape index (κ1) is 10.3. The van der Waals surface area contributed by atoms with Crippen LogP contribution in [0.3, 0.4) is 0 Å². The molecule has 0 radical (unpaired) electrons. The van der Waals surface area contributed by atoms with E-state index in [1.54, 1.807) is 14.0 Å². The lowest BCUT2D eigenvalue weighted by Crippen LogP contribution is -2.04. The molecule has 1 aromatic carbocycles. The zero-order chi connectivity index (χ0) is 10.8. The van der Waals surface area contributed by atoms with Crippen molar-refractivity contribution < 1.29 is 14.6 Å². The summed E-state index contributed by atoms with van der Waals surface area (Å²) < 4.78 is 10.8. The Morgan fingerprint density at radius 3 is 3.00 bits per heavy atom. The van der Waals surface area contributed by atoms with Crippen molar-refractivity contribution in [2.45, 2.75) is 25.9 Å². The van der Waals surface area contributed by atoms with Crippen molar-refractivity contribution >= 4 is 0 Å². The predicted molar refractivity (Wildman–Crippen MR) is 57.6 cm³/mol. The Hall–Kier alpha value is -1.22. The Bertz CT molecular complexity index is 358. The molecule has 1 N–H and O–H groups in total. The number of benzene rings is 1. The Morgan fingerprint density at radius 1 is 1.53 bits per heavy atom. The van der Waals surface area contributed by atoms with Crippen LogP contribution < -0.4 is 9.47 Å². The molecule has 0 bridgehead atoms. The summed E-state index contributed by atoms with van der Waals surface area (Å²) in [6.45, 7) is 2.51. The second kappa shape index (κ2) is 4.11. The van der Waals surface area contributed by atoms with Gasteiger partial charge in [-0.15, -0.1) is 0 Å². The van der Waals surface area contributed by atoms with E-state index in [4.69, 9.17) is 9.47 Å². The van der Waals surface area contributed by atoms with Gasteiger partial charge in [-0.1, -0.05) is 6.07 Å². The van der Waals surface area contributed by atoms with Gasteiger partial charge in [0.05, 0.1) is 19.8 Å². The highest BCUT2D eigenvalue weighted by atomic mass is 16.5. The van der Waals surface area contributed by atoms with Gasteiger partial charge in [0, 0.05) is 12.0 Å². The minimum atomic E-state index is -0.324. The molecule has 1 heterocycles. The fourth-order valence-electron chi connectivity index (χ4n) is 1.95. The summed E-state index contributed by atoms with van der Waals surface area (Å²) in [6, 6.07) is 4.04. The second-order valence-corrected chi connectivity index (χ2v) is 3.94. The summed E-state index contributed by atoms with van der Waals surface area (Å²) in [5.74, 6) is 1.65. The summed E-state index contributed by atoms with van der Waals surface area (Å²) in [7, 11) is 1.64. The fraction of sp³-hybridized carbons (Fsp3) is 0.500. The Kier molecular flexibility index (Phi) is 2.82. The minimum absolute atomic E-state index is 0.324. The van der Waals surface area contributed by atoms with Crippen molar-refractivity contribution in [3.8, 4) is 11.5 Å². The van der Waals surface area contributed by atoms with Crippen LogP contribution in [-0.4, -0.2) is 24.9 Å². The summed E-state index contributed by atoms with van der Waals surface area (Å²) in [4.78, 5) is 0. The van der Waals surface area contributed by atoms with E-state index in [1.807, 2.05) is 6.07 Å². The first-order valence-corrected chi connectivity index (χ1v) is 5.21. The third-order valence-electron chi connectivity index (χ3n) is 2.56. The zero-order valence-electron chi connectivity index (χ0n) is 9.12. The van der Waals surface area contributed by atoms with Gasteiger partial charge < -0.3 is 14.6 Å². The molecule has 0 saturated heterocycles. The molecular weight excluding hydrogens is 192 g/mol. The van der Waals surface area contributed by atoms with Gasteiger partial charge in [-0.3, -0.25) is 0 Å². The molecule has 3 nitrogen and oxygen atoms in total. The normalized spacial score (nSPS) is 15.7. The second-order valence-electron chi connectivity index (χ2n) is 3.94. The topological polar surface area (TPSA) is 38.7 Å². The molecule has 2 rings (SSSR count). The number of fused-ring (bicyclic) bond motifs is 1. The molecule has 3 heteroatoms. The maximum absolute atomic E-state index is 9.35. The molecule has 1 aliphatic heterocycles. The predicted octanol–water partition coefficient (Wildman–Crippen LogP) is 1.55. The SMILES string of the molecule is COc1cc(CC(C)O)cc2c1OCC2. The minimum Gasteiger partial charge on any atom is -0.493 e. The van der Waals surface area contributed by atoms with Gasteiger partial charge in [0.15, 0.2) is 11.5 Å². The zero-order valence-corrected chi connectivity index (χ0v) is 9.12. The average molecular weight is 208 g/mol. The van der Waals surface area contributed by atoms with Crippen LogP contribution in [-0.2, 0) is 12.8 Å². The number of hydrogen-bond donors (Lipinski definition) is 1. The van der Waals surface area contributed by atoms with E-state index in [9.17, 15) is 5.11 Å². The Morgan fingerprint density at radius 2 is 2.33 bits per heavy atom. The third kappa shape index (κ3) is 2.07. The molecule has 1 atom stereocenters. The Balaban J connectivity index is 2.34. The number of rotatable bonds is 3. The highest BCUT2D eigenvalue weighted by Gasteiger charge is 2.18. The van der Waals surface area contributed by atoms with E-state index in [0.717, 1.165) is 30.1 Å². The van der Waals surface area contributed by atoms with E-state index in [2.05, 4.69) is 6.07 Å². The fourth-order valence-corrected chi connectivity index (χ4v) is 1.95. The first-order valence-electron chi connectivity index (χ1n) is 5.21. The molecule has 0 aromatic heterocycles. The van der Waals surface area contributed by atoms with Gasteiger partial charge in [0.25, 0.3) is 0 Å². The largest absolute Gasteiger partial charge is 0.493 e. The lowest BCUT2D eigenvalue weighted by Gasteiger charge is -2.10. The van der Waals surface area contributed by atoms with Gasteiger partial charge in [-0.05, 0) is 25.0 Å².